The number of para-hydroxylation sites is 1. The number of carbonyl (C=O) groups is 1. The summed E-state index contributed by atoms with van der Waals surface area (Å²) in [6.07, 6.45) is 4.31. The Morgan fingerprint density at radius 2 is 2.12 bits per heavy atom. The maximum absolute atomic E-state index is 12.6. The first-order valence-corrected chi connectivity index (χ1v) is 8.63. The Bertz CT molecular complexity index is 761. The normalized spacial score (nSPS) is 13.8. The van der Waals surface area contributed by atoms with Gasteiger partial charge in [0.25, 0.3) is 0 Å². The molecule has 0 spiro atoms. The number of aromatic nitrogens is 2. The smallest absolute Gasteiger partial charge is 0.414 e. The summed E-state index contributed by atoms with van der Waals surface area (Å²) in [4.78, 5) is 18.6. The van der Waals surface area contributed by atoms with Gasteiger partial charge in [-0.1, -0.05) is 18.2 Å². The molecule has 1 aliphatic rings. The number of anilines is 1. The van der Waals surface area contributed by atoms with Crippen molar-refractivity contribution in [2.45, 2.75) is 45.9 Å². The van der Waals surface area contributed by atoms with Gasteiger partial charge in [0.05, 0.1) is 12.2 Å². The molecular weight excluding hydrogens is 316 g/mol. The minimum atomic E-state index is -0.495. The Labute approximate surface area is 148 Å². The maximum atomic E-state index is 12.6. The van der Waals surface area contributed by atoms with Crippen molar-refractivity contribution in [2.75, 3.05) is 11.4 Å². The van der Waals surface area contributed by atoms with Gasteiger partial charge in [-0.05, 0) is 38.3 Å². The zero-order valence-electron chi connectivity index (χ0n) is 15.4. The number of fused-ring (bicyclic) bond motifs is 1. The predicted octanol–water partition coefficient (Wildman–Crippen LogP) is 3.01. The Hall–Kier alpha value is -2.34. The lowest BCUT2D eigenvalue weighted by molar-refractivity contribution is 0.0583. The number of imidazole rings is 1. The number of amides is 1. The van der Waals surface area contributed by atoms with Gasteiger partial charge in [0.1, 0.15) is 11.4 Å². The van der Waals surface area contributed by atoms with Gasteiger partial charge in [-0.2, -0.15) is 0 Å². The molecule has 134 valence electrons. The molecule has 1 N–H and O–H groups in total. The fraction of sp³-hybridized carbons (Fsp3) is 0.474. The number of benzene rings is 1. The SMILES string of the molecule is Cn1ccnc1CNCc1cccc2c1N(C(=O)OC(C)(C)C)CC2. The number of ether oxygens (including phenoxy) is 1. The molecule has 0 saturated heterocycles. The van der Waals surface area contributed by atoms with Crippen molar-refractivity contribution < 1.29 is 9.53 Å². The van der Waals surface area contributed by atoms with Gasteiger partial charge >= 0.3 is 6.09 Å². The van der Waals surface area contributed by atoms with E-state index in [0.29, 0.717) is 19.6 Å². The van der Waals surface area contributed by atoms with Crippen LogP contribution in [0.4, 0.5) is 10.5 Å². The van der Waals surface area contributed by atoms with Gasteiger partial charge < -0.3 is 14.6 Å². The van der Waals surface area contributed by atoms with Gasteiger partial charge in [0.15, 0.2) is 0 Å². The molecule has 1 aliphatic heterocycles. The molecule has 0 radical (unpaired) electrons. The molecule has 2 heterocycles. The summed E-state index contributed by atoms with van der Waals surface area (Å²) in [5.41, 5.74) is 2.80. The standard InChI is InChI=1S/C19H26N4O2/c1-19(2,3)25-18(24)23-10-8-14-6-5-7-15(17(14)23)12-20-13-16-21-9-11-22(16)4/h5-7,9,11,20H,8,10,12-13H2,1-4H3. The first-order chi connectivity index (χ1) is 11.8. The highest BCUT2D eigenvalue weighted by Crippen LogP contribution is 2.33. The van der Waals surface area contributed by atoms with Crippen molar-refractivity contribution in [3.63, 3.8) is 0 Å². The zero-order valence-corrected chi connectivity index (χ0v) is 15.4. The molecule has 6 nitrogen and oxygen atoms in total. The second-order valence-corrected chi connectivity index (χ2v) is 7.36. The fourth-order valence-corrected chi connectivity index (χ4v) is 3.06. The van der Waals surface area contributed by atoms with E-state index in [1.807, 2.05) is 38.6 Å². The number of nitrogens with zero attached hydrogens (tertiary/aromatic N) is 3. The average Bonchev–Trinajstić information content (AvgIpc) is 3.12. The molecule has 1 amide bonds. The fourth-order valence-electron chi connectivity index (χ4n) is 3.06. The van der Waals surface area contributed by atoms with Crippen molar-refractivity contribution in [1.29, 1.82) is 0 Å². The molecule has 25 heavy (non-hydrogen) atoms. The van der Waals surface area contributed by atoms with E-state index in [9.17, 15) is 4.79 Å². The monoisotopic (exact) mass is 342 g/mol. The second kappa shape index (κ2) is 6.88. The number of nitrogens with one attached hydrogen (secondary N) is 1. The molecule has 0 fully saturated rings. The Morgan fingerprint density at radius 3 is 2.80 bits per heavy atom. The number of hydrogen-bond donors (Lipinski definition) is 1. The molecular formula is C19H26N4O2. The summed E-state index contributed by atoms with van der Waals surface area (Å²) in [7, 11) is 1.98. The van der Waals surface area contributed by atoms with Crippen molar-refractivity contribution in [1.82, 2.24) is 14.9 Å². The first kappa shape index (κ1) is 17.5. The van der Waals surface area contributed by atoms with Crippen molar-refractivity contribution in [2.24, 2.45) is 7.05 Å². The van der Waals surface area contributed by atoms with E-state index in [-0.39, 0.29) is 6.09 Å². The summed E-state index contributed by atoms with van der Waals surface area (Å²) >= 11 is 0. The summed E-state index contributed by atoms with van der Waals surface area (Å²) in [6, 6.07) is 6.20. The Balaban J connectivity index is 1.73. The molecule has 3 rings (SSSR count). The highest BCUT2D eigenvalue weighted by atomic mass is 16.6. The van der Waals surface area contributed by atoms with Crippen LogP contribution >= 0.6 is 0 Å². The molecule has 0 aliphatic carbocycles. The largest absolute Gasteiger partial charge is 0.443 e. The van der Waals surface area contributed by atoms with E-state index >= 15 is 0 Å². The van der Waals surface area contributed by atoms with Crippen LogP contribution in [0.1, 0.15) is 37.7 Å². The van der Waals surface area contributed by atoms with Crippen molar-refractivity contribution in [3.05, 3.63) is 47.5 Å². The Kier molecular flexibility index (Phi) is 4.81. The van der Waals surface area contributed by atoms with E-state index in [1.165, 1.54) is 5.56 Å². The molecule has 0 atom stereocenters. The van der Waals surface area contributed by atoms with E-state index in [4.69, 9.17) is 4.74 Å². The van der Waals surface area contributed by atoms with Crippen LogP contribution in [-0.4, -0.2) is 27.8 Å². The highest BCUT2D eigenvalue weighted by Gasteiger charge is 2.30. The molecule has 0 bridgehead atoms. The van der Waals surface area contributed by atoms with E-state index in [0.717, 1.165) is 23.5 Å². The zero-order chi connectivity index (χ0) is 18.0. The van der Waals surface area contributed by atoms with Crippen molar-refractivity contribution in [3.8, 4) is 0 Å². The minimum absolute atomic E-state index is 0.275. The average molecular weight is 342 g/mol. The highest BCUT2D eigenvalue weighted by molar-refractivity contribution is 5.91. The van der Waals surface area contributed by atoms with Gasteiger partial charge in [-0.15, -0.1) is 0 Å². The van der Waals surface area contributed by atoms with Gasteiger partial charge in [0.2, 0.25) is 0 Å². The predicted molar refractivity (Wildman–Crippen MR) is 97.5 cm³/mol. The summed E-state index contributed by atoms with van der Waals surface area (Å²) < 4.78 is 7.56. The summed E-state index contributed by atoms with van der Waals surface area (Å²) in [5.74, 6) is 0.983. The third-order valence-electron chi connectivity index (χ3n) is 4.21. The molecule has 0 saturated carbocycles. The quantitative estimate of drug-likeness (QED) is 0.928. The van der Waals surface area contributed by atoms with E-state index in [1.54, 1.807) is 11.1 Å². The molecule has 6 heteroatoms. The number of rotatable bonds is 4. The number of carbonyl (C=O) groups excluding carboxylic acids is 1. The third kappa shape index (κ3) is 4.02. The van der Waals surface area contributed by atoms with Crippen molar-refractivity contribution >= 4 is 11.8 Å². The molecule has 1 aromatic heterocycles. The Morgan fingerprint density at radius 1 is 1.32 bits per heavy atom. The topological polar surface area (TPSA) is 59.4 Å². The lowest BCUT2D eigenvalue weighted by Gasteiger charge is -2.26. The lowest BCUT2D eigenvalue weighted by atomic mass is 10.1. The molecule has 1 aromatic carbocycles. The van der Waals surface area contributed by atoms with Gasteiger partial charge in [-0.25, -0.2) is 9.78 Å². The van der Waals surface area contributed by atoms with Crippen LogP contribution in [0.2, 0.25) is 0 Å². The van der Waals surface area contributed by atoms with Crippen LogP contribution in [-0.2, 0) is 31.3 Å². The second-order valence-electron chi connectivity index (χ2n) is 7.36. The van der Waals surface area contributed by atoms with E-state index < -0.39 is 5.60 Å². The molecule has 2 aromatic rings. The van der Waals surface area contributed by atoms with Gasteiger partial charge in [0, 0.05) is 32.5 Å². The number of aryl methyl sites for hydroxylation is 1. The van der Waals surface area contributed by atoms with Crippen LogP contribution in [0.25, 0.3) is 0 Å². The summed E-state index contributed by atoms with van der Waals surface area (Å²) in [5, 5.41) is 3.42. The maximum Gasteiger partial charge on any atom is 0.414 e. The first-order valence-electron chi connectivity index (χ1n) is 8.63. The molecule has 0 unspecified atom stereocenters. The number of hydrogen-bond acceptors (Lipinski definition) is 4. The lowest BCUT2D eigenvalue weighted by Crippen LogP contribution is -2.36. The van der Waals surface area contributed by atoms with E-state index in [2.05, 4.69) is 28.5 Å². The minimum Gasteiger partial charge on any atom is -0.443 e. The van der Waals surface area contributed by atoms with Crippen LogP contribution < -0.4 is 10.2 Å². The third-order valence-corrected chi connectivity index (χ3v) is 4.21. The van der Waals surface area contributed by atoms with Gasteiger partial charge in [-0.3, -0.25) is 4.90 Å². The van der Waals surface area contributed by atoms with Crippen LogP contribution in [0.5, 0.6) is 0 Å². The van der Waals surface area contributed by atoms with Crippen LogP contribution in [0.15, 0.2) is 30.6 Å². The van der Waals surface area contributed by atoms with Crippen LogP contribution in [0.3, 0.4) is 0 Å². The van der Waals surface area contributed by atoms with Crippen LogP contribution in [0, 0.1) is 0 Å². The summed E-state index contributed by atoms with van der Waals surface area (Å²) in [6.45, 7) is 7.70.